The molecule has 3 rings (SSSR count). The van der Waals surface area contributed by atoms with E-state index in [1.54, 1.807) is 0 Å². The summed E-state index contributed by atoms with van der Waals surface area (Å²) in [5, 5.41) is 4.17. The van der Waals surface area contributed by atoms with Crippen molar-refractivity contribution in [3.05, 3.63) is 35.5 Å². The molecule has 1 heterocycles. The van der Waals surface area contributed by atoms with Crippen LogP contribution < -0.4 is 5.32 Å². The Morgan fingerprint density at radius 3 is 3.13 bits per heavy atom. The number of Topliss-reactive ketones (excluding diaryl/α,β-unsaturated/α-hetero) is 1. The fourth-order valence-electron chi connectivity index (χ4n) is 2.36. The zero-order valence-electron chi connectivity index (χ0n) is 8.50. The van der Waals surface area contributed by atoms with Crippen LogP contribution in [0.2, 0.25) is 0 Å². The molecule has 0 aliphatic heterocycles. The highest BCUT2D eigenvalue weighted by Crippen LogP contribution is 2.29. The Balaban J connectivity index is 2.32. The van der Waals surface area contributed by atoms with Gasteiger partial charge in [0.25, 0.3) is 0 Å². The molecule has 76 valence electrons. The third-order valence-corrected chi connectivity index (χ3v) is 3.14. The molecule has 3 heteroatoms. The number of carbonyl (C=O) groups is 1. The molecule has 1 aliphatic rings. The van der Waals surface area contributed by atoms with E-state index < -0.39 is 0 Å². The Morgan fingerprint density at radius 1 is 1.47 bits per heavy atom. The van der Waals surface area contributed by atoms with E-state index in [4.69, 9.17) is 0 Å². The van der Waals surface area contributed by atoms with Crippen LogP contribution >= 0.6 is 0 Å². The Labute approximate surface area is 87.5 Å². The van der Waals surface area contributed by atoms with E-state index in [1.807, 2.05) is 31.4 Å². The van der Waals surface area contributed by atoms with E-state index in [0.29, 0.717) is 0 Å². The topological polar surface area (TPSA) is 44.9 Å². The highest BCUT2D eigenvalue weighted by Gasteiger charge is 2.27. The summed E-state index contributed by atoms with van der Waals surface area (Å²) >= 11 is 0. The zero-order valence-corrected chi connectivity index (χ0v) is 8.50. The molecule has 1 atom stereocenters. The molecular weight excluding hydrogens is 188 g/mol. The summed E-state index contributed by atoms with van der Waals surface area (Å²) in [6, 6.07) is 5.77. The first kappa shape index (κ1) is 8.68. The maximum atomic E-state index is 12.1. The second-order valence-electron chi connectivity index (χ2n) is 3.95. The van der Waals surface area contributed by atoms with Crippen LogP contribution in [-0.4, -0.2) is 23.9 Å². The van der Waals surface area contributed by atoms with Gasteiger partial charge >= 0.3 is 0 Å². The number of rotatable bonds is 1. The SMILES string of the molecule is CN[C@H]1Cc2c[nH]c3cccc(c23)C1=O. The number of hydrogen-bond acceptors (Lipinski definition) is 2. The number of aromatic nitrogens is 1. The standard InChI is InChI=1S/C12H12N2O/c1-13-10-5-7-6-14-9-4-2-3-8(11(7)9)12(10)15/h2-4,6,10,13-14H,5H2,1H3/t10-/m0/s1. The predicted octanol–water partition coefficient (Wildman–Crippen LogP) is 1.49. The normalized spacial score (nSPS) is 19.8. The van der Waals surface area contributed by atoms with Crippen LogP contribution in [0, 0.1) is 0 Å². The maximum Gasteiger partial charge on any atom is 0.180 e. The van der Waals surface area contributed by atoms with Crippen LogP contribution in [0.1, 0.15) is 15.9 Å². The molecule has 2 aromatic rings. The number of hydrogen-bond donors (Lipinski definition) is 2. The van der Waals surface area contributed by atoms with Crippen LogP contribution in [0.5, 0.6) is 0 Å². The summed E-state index contributed by atoms with van der Waals surface area (Å²) in [7, 11) is 1.83. The number of nitrogens with one attached hydrogen (secondary N) is 2. The first-order valence-electron chi connectivity index (χ1n) is 5.11. The van der Waals surface area contributed by atoms with Crippen molar-refractivity contribution in [1.29, 1.82) is 0 Å². The number of aromatic amines is 1. The molecule has 1 aromatic carbocycles. The predicted molar refractivity (Wildman–Crippen MR) is 59.2 cm³/mol. The lowest BCUT2D eigenvalue weighted by molar-refractivity contribution is 0.0945. The van der Waals surface area contributed by atoms with Gasteiger partial charge in [0.2, 0.25) is 0 Å². The quantitative estimate of drug-likeness (QED) is 0.732. The molecule has 0 spiro atoms. The monoisotopic (exact) mass is 200 g/mol. The number of H-pyrrole nitrogens is 1. The van der Waals surface area contributed by atoms with Gasteiger partial charge in [-0.05, 0) is 25.1 Å². The van der Waals surface area contributed by atoms with Crippen molar-refractivity contribution in [2.45, 2.75) is 12.5 Å². The van der Waals surface area contributed by atoms with Crippen LogP contribution in [0.25, 0.3) is 10.9 Å². The number of carbonyl (C=O) groups excluding carboxylic acids is 1. The van der Waals surface area contributed by atoms with Gasteiger partial charge < -0.3 is 10.3 Å². The van der Waals surface area contributed by atoms with Crippen molar-refractivity contribution >= 4 is 16.7 Å². The van der Waals surface area contributed by atoms with Crippen molar-refractivity contribution in [3.8, 4) is 0 Å². The summed E-state index contributed by atoms with van der Waals surface area (Å²) in [6.07, 6.45) is 2.79. The van der Waals surface area contributed by atoms with Crippen molar-refractivity contribution in [2.24, 2.45) is 0 Å². The second kappa shape index (κ2) is 2.94. The molecule has 1 aromatic heterocycles. The van der Waals surface area contributed by atoms with Crippen LogP contribution in [-0.2, 0) is 6.42 Å². The van der Waals surface area contributed by atoms with Gasteiger partial charge in [-0.2, -0.15) is 0 Å². The maximum absolute atomic E-state index is 12.1. The molecular formula is C12H12N2O. The lowest BCUT2D eigenvalue weighted by Gasteiger charge is -2.20. The number of benzene rings is 1. The lowest BCUT2D eigenvalue weighted by Crippen LogP contribution is -2.38. The van der Waals surface area contributed by atoms with Crippen molar-refractivity contribution in [1.82, 2.24) is 10.3 Å². The minimum atomic E-state index is -0.0705. The van der Waals surface area contributed by atoms with Gasteiger partial charge in [-0.15, -0.1) is 0 Å². The van der Waals surface area contributed by atoms with Gasteiger partial charge in [0, 0.05) is 22.7 Å². The van der Waals surface area contributed by atoms with Crippen LogP contribution in [0.15, 0.2) is 24.4 Å². The van der Waals surface area contributed by atoms with E-state index in [2.05, 4.69) is 10.3 Å². The largest absolute Gasteiger partial charge is 0.361 e. The highest BCUT2D eigenvalue weighted by atomic mass is 16.1. The van der Waals surface area contributed by atoms with Crippen LogP contribution in [0.4, 0.5) is 0 Å². The summed E-state index contributed by atoms with van der Waals surface area (Å²) in [4.78, 5) is 15.3. The van der Waals surface area contributed by atoms with E-state index in [1.165, 1.54) is 5.56 Å². The minimum Gasteiger partial charge on any atom is -0.361 e. The fourth-order valence-corrected chi connectivity index (χ4v) is 2.36. The van der Waals surface area contributed by atoms with Gasteiger partial charge in [-0.1, -0.05) is 12.1 Å². The molecule has 0 saturated heterocycles. The molecule has 1 aliphatic carbocycles. The number of likely N-dealkylation sites (N-methyl/N-ethyl adjacent to an activating group) is 1. The number of ketones is 1. The summed E-state index contributed by atoms with van der Waals surface area (Å²) in [5.41, 5.74) is 3.14. The van der Waals surface area contributed by atoms with Gasteiger partial charge in [0.1, 0.15) is 0 Å². The molecule has 15 heavy (non-hydrogen) atoms. The lowest BCUT2D eigenvalue weighted by atomic mass is 9.88. The van der Waals surface area contributed by atoms with Crippen molar-refractivity contribution < 1.29 is 4.79 Å². The molecule has 0 radical (unpaired) electrons. The average Bonchev–Trinajstić information content (AvgIpc) is 2.68. The zero-order chi connectivity index (χ0) is 10.4. The smallest absolute Gasteiger partial charge is 0.180 e. The molecule has 0 bridgehead atoms. The second-order valence-corrected chi connectivity index (χ2v) is 3.95. The highest BCUT2D eigenvalue weighted by molar-refractivity contribution is 6.13. The molecule has 0 amide bonds. The molecule has 3 nitrogen and oxygen atoms in total. The van der Waals surface area contributed by atoms with Gasteiger partial charge in [0.15, 0.2) is 5.78 Å². The third-order valence-electron chi connectivity index (χ3n) is 3.14. The van der Waals surface area contributed by atoms with E-state index in [9.17, 15) is 4.79 Å². The fraction of sp³-hybridized carbons (Fsp3) is 0.250. The Hall–Kier alpha value is -1.61. The summed E-state index contributed by atoms with van der Waals surface area (Å²) in [6.45, 7) is 0. The van der Waals surface area contributed by atoms with Gasteiger partial charge in [-0.3, -0.25) is 4.79 Å². The first-order valence-corrected chi connectivity index (χ1v) is 5.11. The van der Waals surface area contributed by atoms with Crippen molar-refractivity contribution in [2.75, 3.05) is 7.05 Å². The summed E-state index contributed by atoms with van der Waals surface area (Å²) in [5.74, 6) is 0.204. The van der Waals surface area contributed by atoms with Crippen LogP contribution in [0.3, 0.4) is 0 Å². The van der Waals surface area contributed by atoms with E-state index in [-0.39, 0.29) is 11.8 Å². The van der Waals surface area contributed by atoms with Gasteiger partial charge in [0.05, 0.1) is 6.04 Å². The summed E-state index contributed by atoms with van der Waals surface area (Å²) < 4.78 is 0. The average molecular weight is 200 g/mol. The van der Waals surface area contributed by atoms with E-state index in [0.717, 1.165) is 22.9 Å². The Kier molecular flexibility index (Phi) is 1.70. The Bertz CT molecular complexity index is 542. The van der Waals surface area contributed by atoms with Crippen molar-refractivity contribution in [3.63, 3.8) is 0 Å². The molecule has 0 fully saturated rings. The molecule has 0 unspecified atom stereocenters. The van der Waals surface area contributed by atoms with Gasteiger partial charge in [-0.25, -0.2) is 0 Å². The molecule has 2 N–H and O–H groups in total. The van der Waals surface area contributed by atoms with E-state index >= 15 is 0 Å². The molecule has 0 saturated carbocycles. The third kappa shape index (κ3) is 1.07. The Morgan fingerprint density at radius 2 is 2.33 bits per heavy atom. The minimum absolute atomic E-state index is 0.0705. The first-order chi connectivity index (χ1) is 7.31.